The molecule has 9 heteroatoms. The lowest BCUT2D eigenvalue weighted by molar-refractivity contribution is -0.384. The van der Waals surface area contributed by atoms with Gasteiger partial charge in [0.1, 0.15) is 5.75 Å². The summed E-state index contributed by atoms with van der Waals surface area (Å²) in [5.74, 6) is -0.516. The van der Waals surface area contributed by atoms with Gasteiger partial charge in [-0.05, 0) is 48.4 Å². The van der Waals surface area contributed by atoms with Crippen molar-refractivity contribution in [1.29, 1.82) is 0 Å². The molecule has 9 nitrogen and oxygen atoms in total. The van der Waals surface area contributed by atoms with Gasteiger partial charge in [0.15, 0.2) is 0 Å². The van der Waals surface area contributed by atoms with Crippen LogP contribution >= 0.6 is 0 Å². The topological polar surface area (TPSA) is 134 Å². The Morgan fingerprint density at radius 1 is 1.11 bits per heavy atom. The highest BCUT2D eigenvalue weighted by molar-refractivity contribution is 5.94. The molecule has 3 N–H and O–H groups in total. The van der Waals surface area contributed by atoms with Crippen LogP contribution in [0.25, 0.3) is 0 Å². The minimum absolute atomic E-state index is 0.0870. The maximum atomic E-state index is 11.9. The molecule has 0 heterocycles. The molecule has 2 rings (SSSR count). The summed E-state index contributed by atoms with van der Waals surface area (Å²) in [6.07, 6.45) is 2.04. The number of hydrazone groups is 1. The van der Waals surface area contributed by atoms with E-state index in [0.29, 0.717) is 12.0 Å². The SMILES string of the molecule is O=C(CCCNC(=O)c1ccc([N+](=O)[O-])cc1)NN=Cc1ccc(O)cc1. The van der Waals surface area contributed by atoms with Crippen LogP contribution in [0.4, 0.5) is 5.69 Å². The highest BCUT2D eigenvalue weighted by Crippen LogP contribution is 2.11. The van der Waals surface area contributed by atoms with Gasteiger partial charge in [-0.15, -0.1) is 0 Å². The normalized spacial score (nSPS) is 10.5. The van der Waals surface area contributed by atoms with Crippen LogP contribution in [0.3, 0.4) is 0 Å². The fraction of sp³-hybridized carbons (Fsp3) is 0.167. The molecule has 2 aromatic carbocycles. The first-order valence-corrected chi connectivity index (χ1v) is 8.09. The van der Waals surface area contributed by atoms with E-state index in [-0.39, 0.29) is 36.2 Å². The van der Waals surface area contributed by atoms with E-state index in [2.05, 4.69) is 15.8 Å². The third kappa shape index (κ3) is 6.58. The second-order valence-electron chi connectivity index (χ2n) is 5.55. The van der Waals surface area contributed by atoms with Crippen molar-refractivity contribution < 1.29 is 19.6 Å². The lowest BCUT2D eigenvalue weighted by atomic mass is 10.2. The summed E-state index contributed by atoms with van der Waals surface area (Å²) >= 11 is 0. The Bertz CT molecular complexity index is 832. The summed E-state index contributed by atoms with van der Waals surface area (Å²) in [5, 5.41) is 26.2. The van der Waals surface area contributed by atoms with Gasteiger partial charge in [-0.2, -0.15) is 5.10 Å². The molecule has 2 amide bonds. The minimum atomic E-state index is -0.537. The Morgan fingerprint density at radius 2 is 1.78 bits per heavy atom. The zero-order chi connectivity index (χ0) is 19.6. The number of hydrogen-bond donors (Lipinski definition) is 3. The van der Waals surface area contributed by atoms with Crippen molar-refractivity contribution in [3.8, 4) is 5.75 Å². The van der Waals surface area contributed by atoms with Crippen molar-refractivity contribution in [3.05, 3.63) is 69.8 Å². The number of carbonyl (C=O) groups excluding carboxylic acids is 2. The van der Waals surface area contributed by atoms with Crippen molar-refractivity contribution >= 4 is 23.7 Å². The van der Waals surface area contributed by atoms with Gasteiger partial charge in [0, 0.05) is 30.7 Å². The molecular weight excluding hydrogens is 352 g/mol. The van der Waals surface area contributed by atoms with Crippen LogP contribution in [-0.2, 0) is 4.79 Å². The average molecular weight is 370 g/mol. The lowest BCUT2D eigenvalue weighted by Gasteiger charge is -2.05. The monoisotopic (exact) mass is 370 g/mol. The molecular formula is C18H18N4O5. The van der Waals surface area contributed by atoms with Crippen molar-refractivity contribution in [3.63, 3.8) is 0 Å². The van der Waals surface area contributed by atoms with Crippen LogP contribution in [0.2, 0.25) is 0 Å². The third-order valence-corrected chi connectivity index (χ3v) is 3.50. The Balaban J connectivity index is 1.66. The number of nitro groups is 1. The van der Waals surface area contributed by atoms with Crippen molar-refractivity contribution in [2.75, 3.05) is 6.54 Å². The molecule has 0 aliphatic carbocycles. The largest absolute Gasteiger partial charge is 0.508 e. The maximum absolute atomic E-state index is 11.9. The summed E-state index contributed by atoms with van der Waals surface area (Å²) in [4.78, 5) is 33.6. The molecule has 0 aliphatic rings. The zero-order valence-corrected chi connectivity index (χ0v) is 14.3. The second kappa shape index (κ2) is 9.66. The minimum Gasteiger partial charge on any atom is -0.508 e. The van der Waals surface area contributed by atoms with Crippen LogP contribution < -0.4 is 10.7 Å². The highest BCUT2D eigenvalue weighted by atomic mass is 16.6. The summed E-state index contributed by atoms with van der Waals surface area (Å²) < 4.78 is 0. The van der Waals surface area contributed by atoms with E-state index in [9.17, 15) is 19.7 Å². The van der Waals surface area contributed by atoms with Crippen molar-refractivity contribution in [1.82, 2.24) is 10.7 Å². The number of nitrogens with zero attached hydrogens (tertiary/aromatic N) is 2. The smallest absolute Gasteiger partial charge is 0.269 e. The molecule has 0 aliphatic heterocycles. The standard InChI is InChI=1S/C18H18N4O5/c23-16-9-3-13(4-10-16)12-20-21-17(24)2-1-11-19-18(25)14-5-7-15(8-6-14)22(26)27/h3-10,12,23H,1-2,11H2,(H,19,25)(H,21,24). The number of benzene rings is 2. The number of phenols is 1. The van der Waals surface area contributed by atoms with E-state index in [1.165, 1.54) is 42.6 Å². The Morgan fingerprint density at radius 3 is 2.41 bits per heavy atom. The van der Waals surface area contributed by atoms with Gasteiger partial charge >= 0.3 is 0 Å². The van der Waals surface area contributed by atoms with E-state index < -0.39 is 4.92 Å². The first kappa shape index (κ1) is 19.6. The van der Waals surface area contributed by atoms with Crippen LogP contribution in [0.1, 0.15) is 28.8 Å². The van der Waals surface area contributed by atoms with E-state index in [1.54, 1.807) is 12.1 Å². The van der Waals surface area contributed by atoms with E-state index >= 15 is 0 Å². The molecule has 0 atom stereocenters. The molecule has 0 unspecified atom stereocenters. The second-order valence-corrected chi connectivity index (χ2v) is 5.55. The zero-order valence-electron chi connectivity index (χ0n) is 14.3. The number of phenolic OH excluding ortho intramolecular Hbond substituents is 1. The fourth-order valence-corrected chi connectivity index (χ4v) is 2.08. The molecule has 0 saturated heterocycles. The van der Waals surface area contributed by atoms with E-state index in [1.807, 2.05) is 0 Å². The van der Waals surface area contributed by atoms with Gasteiger partial charge in [-0.1, -0.05) is 0 Å². The lowest BCUT2D eigenvalue weighted by Crippen LogP contribution is -2.26. The van der Waals surface area contributed by atoms with Gasteiger partial charge in [0.25, 0.3) is 11.6 Å². The predicted molar refractivity (Wildman–Crippen MR) is 98.5 cm³/mol. The number of non-ortho nitro benzene ring substituents is 1. The highest BCUT2D eigenvalue weighted by Gasteiger charge is 2.09. The fourth-order valence-electron chi connectivity index (χ4n) is 2.08. The van der Waals surface area contributed by atoms with Gasteiger partial charge in [0.2, 0.25) is 5.91 Å². The number of nitro benzene ring substituents is 1. The first-order valence-electron chi connectivity index (χ1n) is 8.09. The van der Waals surface area contributed by atoms with Crippen molar-refractivity contribution in [2.24, 2.45) is 5.10 Å². The molecule has 0 bridgehead atoms. The predicted octanol–water partition coefficient (Wildman–Crippen LogP) is 1.96. The number of aromatic hydroxyl groups is 1. The molecule has 2 aromatic rings. The van der Waals surface area contributed by atoms with Gasteiger partial charge in [0.05, 0.1) is 11.1 Å². The number of amides is 2. The number of nitrogens with one attached hydrogen (secondary N) is 2. The van der Waals surface area contributed by atoms with Crippen LogP contribution in [-0.4, -0.2) is 34.6 Å². The Labute approximate surface area is 154 Å². The first-order chi connectivity index (χ1) is 13.0. The Kier molecular flexibility index (Phi) is 7.00. The average Bonchev–Trinajstić information content (AvgIpc) is 2.66. The molecule has 0 saturated carbocycles. The summed E-state index contributed by atoms with van der Waals surface area (Å²) in [6, 6.07) is 11.6. The molecule has 0 fully saturated rings. The van der Waals surface area contributed by atoms with Gasteiger partial charge in [-0.25, -0.2) is 5.43 Å². The van der Waals surface area contributed by atoms with Crippen LogP contribution in [0.15, 0.2) is 53.6 Å². The Hall–Kier alpha value is -3.75. The summed E-state index contributed by atoms with van der Waals surface area (Å²) in [5.41, 5.74) is 3.32. The summed E-state index contributed by atoms with van der Waals surface area (Å²) in [6.45, 7) is 0.283. The third-order valence-electron chi connectivity index (χ3n) is 3.50. The summed E-state index contributed by atoms with van der Waals surface area (Å²) in [7, 11) is 0. The van der Waals surface area contributed by atoms with Gasteiger partial charge < -0.3 is 10.4 Å². The molecule has 0 spiro atoms. The van der Waals surface area contributed by atoms with Crippen LogP contribution in [0, 0.1) is 10.1 Å². The molecule has 0 radical (unpaired) electrons. The molecule has 0 aromatic heterocycles. The van der Waals surface area contributed by atoms with E-state index in [4.69, 9.17) is 5.11 Å². The molecule has 140 valence electrons. The van der Waals surface area contributed by atoms with E-state index in [0.717, 1.165) is 5.56 Å². The van der Waals surface area contributed by atoms with Crippen LogP contribution in [0.5, 0.6) is 5.75 Å². The van der Waals surface area contributed by atoms with Crippen molar-refractivity contribution in [2.45, 2.75) is 12.8 Å². The number of carbonyl (C=O) groups is 2. The van der Waals surface area contributed by atoms with Gasteiger partial charge in [-0.3, -0.25) is 19.7 Å². The quantitative estimate of drug-likeness (QED) is 0.283. The number of rotatable bonds is 8. The maximum Gasteiger partial charge on any atom is 0.269 e. The number of hydrogen-bond acceptors (Lipinski definition) is 6. The molecule has 27 heavy (non-hydrogen) atoms.